The third-order valence-electron chi connectivity index (χ3n) is 4.51. The number of nitrogens with one attached hydrogen (secondary N) is 1. The van der Waals surface area contributed by atoms with E-state index in [-0.39, 0.29) is 29.5 Å². The summed E-state index contributed by atoms with van der Waals surface area (Å²) in [7, 11) is 0. The van der Waals surface area contributed by atoms with Crippen LogP contribution in [0.4, 0.5) is 18.0 Å². The molecule has 0 unspecified atom stereocenters. The van der Waals surface area contributed by atoms with Crippen LogP contribution in [-0.2, 0) is 10.9 Å². The molecule has 1 atom stereocenters. The van der Waals surface area contributed by atoms with Crippen molar-refractivity contribution in [2.75, 3.05) is 6.61 Å². The lowest BCUT2D eigenvalue weighted by molar-refractivity contribution is -0.144. The number of aromatic nitrogens is 2. The highest BCUT2D eigenvalue weighted by molar-refractivity contribution is 5.69. The fraction of sp³-hybridized carbons (Fsp3) is 0.500. The van der Waals surface area contributed by atoms with Gasteiger partial charge in [-0.05, 0) is 64.3 Å². The van der Waals surface area contributed by atoms with Crippen molar-refractivity contribution in [1.29, 1.82) is 5.26 Å². The Bertz CT molecular complexity index is 1060. The summed E-state index contributed by atoms with van der Waals surface area (Å²) in [6, 6.07) is 7.73. The topological polar surface area (TPSA) is 97.1 Å². The molecule has 0 spiro atoms. The zero-order valence-electron chi connectivity index (χ0n) is 20.1. The molecule has 0 aliphatic carbocycles. The van der Waals surface area contributed by atoms with Gasteiger partial charge >= 0.3 is 12.3 Å². The molecule has 34 heavy (non-hydrogen) atoms. The van der Waals surface area contributed by atoms with E-state index in [1.165, 1.54) is 24.3 Å². The summed E-state index contributed by atoms with van der Waals surface area (Å²) in [5.41, 5.74) is -1.000. The van der Waals surface area contributed by atoms with Crippen molar-refractivity contribution in [2.45, 2.75) is 65.3 Å². The molecule has 0 aliphatic rings. The first-order chi connectivity index (χ1) is 15.6. The Morgan fingerprint density at radius 2 is 1.85 bits per heavy atom. The van der Waals surface area contributed by atoms with Crippen LogP contribution < -0.4 is 10.1 Å². The van der Waals surface area contributed by atoms with E-state index in [1.54, 1.807) is 20.8 Å². The first kappa shape index (κ1) is 26.9. The van der Waals surface area contributed by atoms with Gasteiger partial charge in [0.25, 0.3) is 0 Å². The first-order valence-electron chi connectivity index (χ1n) is 10.7. The Morgan fingerprint density at radius 3 is 2.41 bits per heavy atom. The average Bonchev–Trinajstić information content (AvgIpc) is 2.69. The van der Waals surface area contributed by atoms with Crippen molar-refractivity contribution in [3.8, 4) is 23.1 Å². The summed E-state index contributed by atoms with van der Waals surface area (Å²) in [6.07, 6.45) is -3.67. The third kappa shape index (κ3) is 7.90. The summed E-state index contributed by atoms with van der Waals surface area (Å²) in [4.78, 5) is 19.2. The Labute approximate surface area is 197 Å². The number of benzene rings is 1. The summed E-state index contributed by atoms with van der Waals surface area (Å²) < 4.78 is 50.1. The van der Waals surface area contributed by atoms with E-state index < -0.39 is 29.2 Å². The van der Waals surface area contributed by atoms with E-state index in [9.17, 15) is 23.2 Å². The van der Waals surface area contributed by atoms with Gasteiger partial charge in [-0.3, -0.25) is 0 Å². The molecule has 2 rings (SSSR count). The predicted octanol–water partition coefficient (Wildman–Crippen LogP) is 5.74. The summed E-state index contributed by atoms with van der Waals surface area (Å²) >= 11 is 0. The van der Waals surface area contributed by atoms with E-state index in [0.717, 1.165) is 6.20 Å². The number of ether oxygens (including phenoxy) is 2. The van der Waals surface area contributed by atoms with Gasteiger partial charge in [-0.15, -0.1) is 0 Å². The average molecular weight is 479 g/mol. The van der Waals surface area contributed by atoms with Crippen molar-refractivity contribution in [2.24, 2.45) is 5.92 Å². The zero-order chi connectivity index (χ0) is 25.7. The molecule has 7 nitrogen and oxygen atoms in total. The number of nitriles is 1. The van der Waals surface area contributed by atoms with Gasteiger partial charge in [0.2, 0.25) is 5.82 Å². The maximum absolute atomic E-state index is 12.9. The van der Waals surface area contributed by atoms with E-state index in [1.807, 2.05) is 26.8 Å². The number of nitrogens with zero attached hydrogens (tertiary/aromatic N) is 3. The lowest BCUT2D eigenvalue weighted by atomic mass is 9.91. The fourth-order valence-electron chi connectivity index (χ4n) is 3.39. The Morgan fingerprint density at radius 1 is 1.18 bits per heavy atom. The molecule has 0 saturated heterocycles. The summed E-state index contributed by atoms with van der Waals surface area (Å²) in [5.74, 6) is -0.805. The Hall–Kier alpha value is -3.35. The Balaban J connectivity index is 2.25. The second-order valence-corrected chi connectivity index (χ2v) is 9.66. The molecule has 1 N–H and O–H groups in total. The molecular formula is C24H29F3N4O3. The fourth-order valence-corrected chi connectivity index (χ4v) is 3.39. The van der Waals surface area contributed by atoms with Gasteiger partial charge in [-0.2, -0.15) is 18.4 Å². The molecule has 0 fully saturated rings. The van der Waals surface area contributed by atoms with Gasteiger partial charge in [0.05, 0.1) is 16.8 Å². The minimum Gasteiger partial charge on any atom is -0.490 e. The van der Waals surface area contributed by atoms with Gasteiger partial charge in [0, 0.05) is 11.8 Å². The molecule has 1 aromatic carbocycles. The standard InChI is InChI=1S/C24H29F3N4O3/c1-15(2)12-23(6,31-21(32)34-22(3,4)5)14-33-19-8-7-16(11-17(19)13-28)18-9-10-29-20(30-18)24(25,26)27/h7-11,15H,12,14H2,1-6H3,(H,31,32)/t23-/m0/s1. The van der Waals surface area contributed by atoms with Crippen LogP contribution >= 0.6 is 0 Å². The van der Waals surface area contributed by atoms with E-state index in [2.05, 4.69) is 15.3 Å². The second-order valence-electron chi connectivity index (χ2n) is 9.66. The normalized spacial score (nSPS) is 13.7. The highest BCUT2D eigenvalue weighted by atomic mass is 19.4. The predicted molar refractivity (Wildman–Crippen MR) is 120 cm³/mol. The molecule has 0 radical (unpaired) electrons. The van der Waals surface area contributed by atoms with Crippen molar-refractivity contribution in [1.82, 2.24) is 15.3 Å². The molecule has 1 amide bonds. The van der Waals surface area contributed by atoms with Crippen molar-refractivity contribution in [3.05, 3.63) is 41.9 Å². The van der Waals surface area contributed by atoms with Crippen LogP contribution in [0.1, 0.15) is 59.4 Å². The number of amides is 1. The quantitative estimate of drug-likeness (QED) is 0.545. The zero-order valence-corrected chi connectivity index (χ0v) is 20.1. The minimum absolute atomic E-state index is 0.0293. The maximum atomic E-state index is 12.9. The number of alkyl carbamates (subject to hydrolysis) is 1. The lowest BCUT2D eigenvalue weighted by Gasteiger charge is -2.33. The largest absolute Gasteiger partial charge is 0.490 e. The molecule has 10 heteroatoms. The number of halogens is 3. The SMILES string of the molecule is CC(C)C[C@@](C)(COc1ccc(-c2ccnc(C(F)(F)F)n2)cc1C#N)NC(=O)OC(C)(C)C. The Kier molecular flexibility index (Phi) is 8.14. The van der Waals surface area contributed by atoms with Gasteiger partial charge in [-0.1, -0.05) is 13.8 Å². The van der Waals surface area contributed by atoms with E-state index in [4.69, 9.17) is 9.47 Å². The van der Waals surface area contributed by atoms with Crippen LogP contribution in [0.25, 0.3) is 11.3 Å². The summed E-state index contributed by atoms with van der Waals surface area (Å²) in [6.45, 7) is 11.2. The highest BCUT2D eigenvalue weighted by Gasteiger charge is 2.35. The number of alkyl halides is 3. The van der Waals surface area contributed by atoms with Crippen molar-refractivity contribution >= 4 is 6.09 Å². The number of rotatable bonds is 7. The van der Waals surface area contributed by atoms with Crippen molar-refractivity contribution in [3.63, 3.8) is 0 Å². The highest BCUT2D eigenvalue weighted by Crippen LogP contribution is 2.30. The molecular weight excluding hydrogens is 449 g/mol. The summed E-state index contributed by atoms with van der Waals surface area (Å²) in [5, 5.41) is 12.4. The van der Waals surface area contributed by atoms with E-state index in [0.29, 0.717) is 12.0 Å². The van der Waals surface area contributed by atoms with Crippen LogP contribution in [-0.4, -0.2) is 33.8 Å². The first-order valence-corrected chi connectivity index (χ1v) is 10.7. The smallest absolute Gasteiger partial charge is 0.451 e. The molecule has 1 aromatic heterocycles. The maximum Gasteiger partial charge on any atom is 0.451 e. The molecule has 0 saturated carbocycles. The van der Waals surface area contributed by atoms with Gasteiger partial charge < -0.3 is 14.8 Å². The molecule has 184 valence electrons. The van der Waals surface area contributed by atoms with Crippen LogP contribution in [0.2, 0.25) is 0 Å². The van der Waals surface area contributed by atoms with E-state index >= 15 is 0 Å². The number of carbonyl (C=O) groups excluding carboxylic acids is 1. The molecule has 0 aliphatic heterocycles. The van der Waals surface area contributed by atoms with Gasteiger partial charge in [-0.25, -0.2) is 14.8 Å². The van der Waals surface area contributed by atoms with Crippen LogP contribution in [0.5, 0.6) is 5.75 Å². The monoisotopic (exact) mass is 478 g/mol. The minimum atomic E-state index is -4.68. The van der Waals surface area contributed by atoms with Gasteiger partial charge in [0.15, 0.2) is 0 Å². The number of carbonyl (C=O) groups is 1. The molecule has 1 heterocycles. The third-order valence-corrected chi connectivity index (χ3v) is 4.51. The van der Waals surface area contributed by atoms with Gasteiger partial charge in [0.1, 0.15) is 24.0 Å². The molecule has 2 aromatic rings. The van der Waals surface area contributed by atoms with Crippen LogP contribution in [0.15, 0.2) is 30.5 Å². The van der Waals surface area contributed by atoms with Crippen molar-refractivity contribution < 1.29 is 27.4 Å². The van der Waals surface area contributed by atoms with Crippen LogP contribution in [0, 0.1) is 17.2 Å². The van der Waals surface area contributed by atoms with Crippen LogP contribution in [0.3, 0.4) is 0 Å². The number of hydrogen-bond acceptors (Lipinski definition) is 6. The second kappa shape index (κ2) is 10.3. The lowest BCUT2D eigenvalue weighted by Crippen LogP contribution is -2.52. The number of hydrogen-bond donors (Lipinski definition) is 1. The molecule has 0 bridgehead atoms.